The van der Waals surface area contributed by atoms with Gasteiger partial charge in [-0.15, -0.1) is 0 Å². The van der Waals surface area contributed by atoms with E-state index in [2.05, 4.69) is 9.46 Å². The molecule has 1 aromatic rings. The van der Waals surface area contributed by atoms with Crippen LogP contribution in [0.2, 0.25) is 0 Å². The molecule has 0 saturated carbocycles. The normalized spacial score (nSPS) is 10.8. The van der Waals surface area contributed by atoms with Gasteiger partial charge in [0.1, 0.15) is 5.75 Å². The molecule has 0 spiro atoms. The predicted molar refractivity (Wildman–Crippen MR) is 66.8 cm³/mol. The molecule has 0 aliphatic carbocycles. The van der Waals surface area contributed by atoms with Gasteiger partial charge < -0.3 is 15.2 Å². The Morgan fingerprint density at radius 1 is 1.39 bits per heavy atom. The molecule has 0 bridgehead atoms. The number of methoxy groups -OCH3 is 2. The molecule has 0 amide bonds. The maximum Gasteiger partial charge on any atom is 0.322 e. The third kappa shape index (κ3) is 3.81. The van der Waals surface area contributed by atoms with Gasteiger partial charge in [0.15, 0.2) is 5.75 Å². The van der Waals surface area contributed by atoms with E-state index in [0.717, 1.165) is 7.11 Å². The Kier molecular flexibility index (Phi) is 4.38. The molecule has 0 radical (unpaired) electrons. The van der Waals surface area contributed by atoms with Crippen LogP contribution in [0.1, 0.15) is 0 Å². The first-order chi connectivity index (χ1) is 8.38. The van der Waals surface area contributed by atoms with Crippen molar-refractivity contribution in [2.75, 3.05) is 30.4 Å². The van der Waals surface area contributed by atoms with E-state index in [9.17, 15) is 13.2 Å². The van der Waals surface area contributed by atoms with Crippen LogP contribution >= 0.6 is 0 Å². The van der Waals surface area contributed by atoms with Crippen molar-refractivity contribution in [3.8, 4) is 5.75 Å². The minimum Gasteiger partial charge on any atom is -0.497 e. The lowest BCUT2D eigenvalue weighted by molar-refractivity contribution is -0.137. The fourth-order valence-electron chi connectivity index (χ4n) is 1.18. The number of nitrogen functional groups attached to an aromatic ring is 1. The van der Waals surface area contributed by atoms with Gasteiger partial charge in [-0.25, -0.2) is 8.42 Å². The SMILES string of the molecule is COC(=O)CS(=O)(=O)Nc1ccc(OC)cc1N. The number of rotatable bonds is 5. The lowest BCUT2D eigenvalue weighted by atomic mass is 10.2. The van der Waals surface area contributed by atoms with Gasteiger partial charge in [-0.2, -0.15) is 0 Å². The van der Waals surface area contributed by atoms with E-state index in [0.29, 0.717) is 5.75 Å². The predicted octanol–water partition coefficient (Wildman–Crippen LogP) is 0.192. The molecular weight excluding hydrogens is 260 g/mol. The van der Waals surface area contributed by atoms with Gasteiger partial charge >= 0.3 is 5.97 Å². The molecule has 0 heterocycles. The highest BCUT2D eigenvalue weighted by Crippen LogP contribution is 2.24. The molecule has 0 atom stereocenters. The van der Waals surface area contributed by atoms with Crippen LogP contribution in [0.25, 0.3) is 0 Å². The topological polar surface area (TPSA) is 108 Å². The van der Waals surface area contributed by atoms with Gasteiger partial charge in [0, 0.05) is 6.07 Å². The molecule has 18 heavy (non-hydrogen) atoms. The Labute approximate surface area is 105 Å². The molecule has 0 unspecified atom stereocenters. The van der Waals surface area contributed by atoms with Crippen LogP contribution in [0, 0.1) is 0 Å². The van der Waals surface area contributed by atoms with Crippen LogP contribution < -0.4 is 15.2 Å². The Balaban J connectivity index is 2.87. The highest BCUT2D eigenvalue weighted by atomic mass is 32.2. The van der Waals surface area contributed by atoms with Crippen LogP contribution in [-0.4, -0.2) is 34.4 Å². The minimum atomic E-state index is -3.83. The van der Waals surface area contributed by atoms with Crippen molar-refractivity contribution in [1.29, 1.82) is 0 Å². The van der Waals surface area contributed by atoms with Gasteiger partial charge in [0.2, 0.25) is 10.0 Å². The van der Waals surface area contributed by atoms with Gasteiger partial charge in [0.25, 0.3) is 0 Å². The first-order valence-corrected chi connectivity index (χ1v) is 6.54. The summed E-state index contributed by atoms with van der Waals surface area (Å²) < 4.78 is 34.6. The second-order valence-electron chi connectivity index (χ2n) is 3.39. The monoisotopic (exact) mass is 274 g/mol. The standard InChI is InChI=1S/C10H14N2O5S/c1-16-7-3-4-9(8(11)5-7)12-18(14,15)6-10(13)17-2/h3-5,12H,6,11H2,1-2H3. The number of hydrogen-bond acceptors (Lipinski definition) is 6. The van der Waals surface area contributed by atoms with Gasteiger partial charge in [-0.1, -0.05) is 0 Å². The van der Waals surface area contributed by atoms with Crippen molar-refractivity contribution < 1.29 is 22.7 Å². The summed E-state index contributed by atoms with van der Waals surface area (Å²) in [4.78, 5) is 10.9. The first kappa shape index (κ1) is 14.1. The first-order valence-electron chi connectivity index (χ1n) is 4.89. The lowest BCUT2D eigenvalue weighted by Gasteiger charge is -2.10. The molecule has 100 valence electrons. The van der Waals surface area contributed by atoms with Crippen molar-refractivity contribution in [2.45, 2.75) is 0 Å². The summed E-state index contributed by atoms with van der Waals surface area (Å²) in [5.74, 6) is -1.12. The highest BCUT2D eigenvalue weighted by Gasteiger charge is 2.18. The van der Waals surface area contributed by atoms with Crippen LogP contribution in [0.4, 0.5) is 11.4 Å². The van der Waals surface area contributed by atoms with Crippen molar-refractivity contribution in [1.82, 2.24) is 0 Å². The van der Waals surface area contributed by atoms with Crippen molar-refractivity contribution in [3.05, 3.63) is 18.2 Å². The number of esters is 1. The molecule has 1 rings (SSSR count). The van der Waals surface area contributed by atoms with E-state index in [4.69, 9.17) is 10.5 Å². The Bertz CT molecular complexity index is 541. The van der Waals surface area contributed by atoms with Crippen LogP contribution in [0.5, 0.6) is 5.75 Å². The number of nitrogens with two attached hydrogens (primary N) is 1. The van der Waals surface area contributed by atoms with Crippen LogP contribution in [-0.2, 0) is 19.6 Å². The maximum absolute atomic E-state index is 11.6. The van der Waals surface area contributed by atoms with Gasteiger partial charge in [-0.05, 0) is 12.1 Å². The molecule has 0 fully saturated rings. The number of benzene rings is 1. The molecular formula is C10H14N2O5S. The number of sulfonamides is 1. The number of carbonyl (C=O) groups is 1. The number of hydrogen-bond donors (Lipinski definition) is 2. The highest BCUT2D eigenvalue weighted by molar-refractivity contribution is 7.93. The van der Waals surface area contributed by atoms with Gasteiger partial charge in [0.05, 0.1) is 25.6 Å². The van der Waals surface area contributed by atoms with E-state index >= 15 is 0 Å². The van der Waals surface area contributed by atoms with E-state index in [-0.39, 0.29) is 11.4 Å². The fraction of sp³-hybridized carbons (Fsp3) is 0.300. The van der Waals surface area contributed by atoms with E-state index in [1.165, 1.54) is 19.2 Å². The largest absolute Gasteiger partial charge is 0.497 e. The minimum absolute atomic E-state index is 0.180. The molecule has 0 aliphatic rings. The summed E-state index contributed by atoms with van der Waals surface area (Å²) in [5, 5.41) is 0. The Morgan fingerprint density at radius 2 is 2.06 bits per heavy atom. The summed E-state index contributed by atoms with van der Waals surface area (Å²) in [6.07, 6.45) is 0. The summed E-state index contributed by atoms with van der Waals surface area (Å²) in [6.45, 7) is 0. The van der Waals surface area contributed by atoms with Crippen LogP contribution in [0.3, 0.4) is 0 Å². The maximum atomic E-state index is 11.6. The summed E-state index contributed by atoms with van der Waals surface area (Å²) in [7, 11) is -1.25. The summed E-state index contributed by atoms with van der Waals surface area (Å²) in [6, 6.07) is 4.46. The molecule has 3 N–H and O–H groups in total. The average Bonchev–Trinajstić information content (AvgIpc) is 2.30. The molecule has 1 aromatic carbocycles. The Morgan fingerprint density at radius 3 is 2.56 bits per heavy atom. The van der Waals surface area contributed by atoms with Crippen molar-refractivity contribution in [3.63, 3.8) is 0 Å². The van der Waals surface area contributed by atoms with Crippen molar-refractivity contribution >= 4 is 27.4 Å². The van der Waals surface area contributed by atoms with Crippen molar-refractivity contribution in [2.24, 2.45) is 0 Å². The molecule has 7 nitrogen and oxygen atoms in total. The second-order valence-corrected chi connectivity index (χ2v) is 5.11. The number of ether oxygens (including phenoxy) is 2. The Hall–Kier alpha value is -1.96. The van der Waals surface area contributed by atoms with Crippen LogP contribution in [0.15, 0.2) is 18.2 Å². The number of nitrogens with one attached hydrogen (secondary N) is 1. The average molecular weight is 274 g/mol. The summed E-state index contributed by atoms with van der Waals surface area (Å²) in [5.41, 5.74) is 6.02. The zero-order chi connectivity index (χ0) is 13.8. The third-order valence-corrected chi connectivity index (χ3v) is 3.21. The molecule has 8 heteroatoms. The number of carbonyl (C=O) groups excluding carboxylic acids is 1. The van der Waals surface area contributed by atoms with E-state index in [1.54, 1.807) is 6.07 Å². The smallest absolute Gasteiger partial charge is 0.322 e. The van der Waals surface area contributed by atoms with E-state index in [1.807, 2.05) is 0 Å². The van der Waals surface area contributed by atoms with E-state index < -0.39 is 21.7 Å². The lowest BCUT2D eigenvalue weighted by Crippen LogP contribution is -2.24. The number of anilines is 2. The molecule has 0 aliphatic heterocycles. The third-order valence-electron chi connectivity index (χ3n) is 2.06. The zero-order valence-electron chi connectivity index (χ0n) is 9.97. The quantitative estimate of drug-likeness (QED) is 0.586. The zero-order valence-corrected chi connectivity index (χ0v) is 10.8. The fourth-order valence-corrected chi connectivity index (χ4v) is 2.20. The molecule has 0 saturated heterocycles. The van der Waals surface area contributed by atoms with Gasteiger partial charge in [-0.3, -0.25) is 9.52 Å². The summed E-state index contributed by atoms with van der Waals surface area (Å²) >= 11 is 0. The second kappa shape index (κ2) is 5.58. The molecule has 0 aromatic heterocycles.